The zero-order chi connectivity index (χ0) is 21.1. The van der Waals surface area contributed by atoms with E-state index in [0.717, 1.165) is 24.5 Å². The summed E-state index contributed by atoms with van der Waals surface area (Å²) in [6.07, 6.45) is 0. The van der Waals surface area contributed by atoms with Crippen LogP contribution in [0.2, 0.25) is 0 Å². The van der Waals surface area contributed by atoms with Crippen molar-refractivity contribution in [2.24, 2.45) is 5.41 Å². The van der Waals surface area contributed by atoms with Crippen molar-refractivity contribution in [3.63, 3.8) is 0 Å². The van der Waals surface area contributed by atoms with Crippen molar-refractivity contribution >= 4 is 10.0 Å². The molecule has 3 aromatic rings. The Labute approximate surface area is 175 Å². The molecule has 4 heterocycles. The third-order valence-electron chi connectivity index (χ3n) is 6.23. The summed E-state index contributed by atoms with van der Waals surface area (Å²) in [6, 6.07) is 9.83. The molecule has 2 aliphatic rings. The Morgan fingerprint density at radius 3 is 2.57 bits per heavy atom. The summed E-state index contributed by atoms with van der Waals surface area (Å²) in [5.41, 5.74) is 1.17. The number of hydrogen-bond acceptors (Lipinski definition) is 7. The molecule has 1 spiro atoms. The molecule has 9 nitrogen and oxygen atoms in total. The number of aryl methyl sites for hydroxylation is 2. The van der Waals surface area contributed by atoms with Gasteiger partial charge in [0.25, 0.3) is 0 Å². The molecule has 0 bridgehead atoms. The number of sulfonamides is 1. The summed E-state index contributed by atoms with van der Waals surface area (Å²) in [6.45, 7) is 5.79. The molecule has 5 rings (SSSR count). The normalized spacial score (nSPS) is 21.9. The van der Waals surface area contributed by atoms with Gasteiger partial charge in [0.2, 0.25) is 10.0 Å². The molecular formula is C20H24N6O3S. The lowest BCUT2D eigenvalue weighted by atomic mass is 9.72. The van der Waals surface area contributed by atoms with Crippen molar-refractivity contribution in [2.75, 3.05) is 33.2 Å². The minimum absolute atomic E-state index is 0.0866. The number of likely N-dealkylation sites (N-methyl/N-ethyl adjacent to an activating group) is 1. The monoisotopic (exact) mass is 428 g/mol. The first-order valence-corrected chi connectivity index (χ1v) is 11.3. The summed E-state index contributed by atoms with van der Waals surface area (Å²) in [4.78, 5) is 7.17. The van der Waals surface area contributed by atoms with E-state index in [2.05, 4.69) is 27.3 Å². The molecule has 2 saturated heterocycles. The van der Waals surface area contributed by atoms with E-state index in [0.29, 0.717) is 30.4 Å². The van der Waals surface area contributed by atoms with E-state index >= 15 is 0 Å². The largest absolute Gasteiger partial charge is 0.360 e. The molecule has 2 fully saturated rings. The Kier molecular flexibility index (Phi) is 4.35. The molecule has 0 aliphatic carbocycles. The number of nitrogens with one attached hydrogen (secondary N) is 1. The first kappa shape index (κ1) is 19.4. The van der Waals surface area contributed by atoms with Gasteiger partial charge in [0.1, 0.15) is 16.4 Å². The van der Waals surface area contributed by atoms with Crippen LogP contribution >= 0.6 is 0 Å². The lowest BCUT2D eigenvalue weighted by Crippen LogP contribution is -2.61. The number of hydrogen-bond donors (Lipinski definition) is 1. The summed E-state index contributed by atoms with van der Waals surface area (Å²) in [7, 11) is -1.58. The van der Waals surface area contributed by atoms with Gasteiger partial charge < -0.3 is 9.42 Å². The van der Waals surface area contributed by atoms with E-state index in [1.54, 1.807) is 13.8 Å². The fourth-order valence-electron chi connectivity index (χ4n) is 4.86. The Bertz CT molecular complexity index is 1160. The molecule has 0 amide bonds. The van der Waals surface area contributed by atoms with Gasteiger partial charge in [-0.2, -0.15) is 9.40 Å². The molecule has 30 heavy (non-hydrogen) atoms. The fourth-order valence-corrected chi connectivity index (χ4v) is 6.78. The average molecular weight is 429 g/mol. The van der Waals surface area contributed by atoms with E-state index in [1.807, 2.05) is 30.3 Å². The molecule has 0 saturated carbocycles. The van der Waals surface area contributed by atoms with Crippen LogP contribution in [0.1, 0.15) is 23.2 Å². The number of H-pyrrole nitrogens is 1. The van der Waals surface area contributed by atoms with Crippen molar-refractivity contribution in [1.29, 1.82) is 0 Å². The Morgan fingerprint density at radius 1 is 1.17 bits per heavy atom. The van der Waals surface area contributed by atoms with Gasteiger partial charge in [-0.05, 0) is 20.9 Å². The van der Waals surface area contributed by atoms with E-state index in [-0.39, 0.29) is 16.2 Å². The van der Waals surface area contributed by atoms with E-state index in [1.165, 1.54) is 4.31 Å². The Balaban J connectivity index is 1.41. The van der Waals surface area contributed by atoms with Crippen molar-refractivity contribution in [3.8, 4) is 11.4 Å². The van der Waals surface area contributed by atoms with Crippen LogP contribution in [0.5, 0.6) is 0 Å². The molecule has 2 aromatic heterocycles. The highest BCUT2D eigenvalue weighted by Crippen LogP contribution is 2.49. The highest BCUT2D eigenvalue weighted by atomic mass is 32.2. The lowest BCUT2D eigenvalue weighted by molar-refractivity contribution is 0.0635. The summed E-state index contributed by atoms with van der Waals surface area (Å²) in [5, 5.41) is 11.3. The maximum atomic E-state index is 13.1. The fraction of sp³-hybridized carbons (Fsp3) is 0.450. The summed E-state index contributed by atoms with van der Waals surface area (Å²) >= 11 is 0. The molecular weight excluding hydrogens is 404 g/mol. The zero-order valence-corrected chi connectivity index (χ0v) is 18.0. The second kappa shape index (κ2) is 6.73. The third-order valence-corrected chi connectivity index (χ3v) is 8.27. The van der Waals surface area contributed by atoms with Crippen molar-refractivity contribution in [2.45, 2.75) is 24.7 Å². The Morgan fingerprint density at radius 2 is 1.90 bits per heavy atom. The summed E-state index contributed by atoms with van der Waals surface area (Å²) < 4.78 is 32.9. The van der Waals surface area contributed by atoms with Gasteiger partial charge in [0, 0.05) is 43.1 Å². The standard InChI is InChI=1S/C20H24N6O3S/c1-13-17(14(2)29-24-13)30(27,28)26-11-20(12-26)10-25(3)9-16(20)19-21-18(22-23-19)15-7-5-4-6-8-15/h4-8,16H,9-12H2,1-3H3,(H,21,22,23). The first-order valence-electron chi connectivity index (χ1n) is 9.89. The number of rotatable bonds is 4. The molecule has 1 atom stereocenters. The Hall–Kier alpha value is -2.56. The first-order chi connectivity index (χ1) is 14.3. The molecule has 0 radical (unpaired) electrons. The molecule has 1 N–H and O–H groups in total. The zero-order valence-electron chi connectivity index (χ0n) is 17.2. The van der Waals surface area contributed by atoms with Crippen molar-refractivity contribution in [3.05, 3.63) is 47.6 Å². The molecule has 2 aliphatic heterocycles. The average Bonchev–Trinajstić information content (AvgIpc) is 3.38. The SMILES string of the molecule is Cc1noc(C)c1S(=O)(=O)N1CC2(CN(C)CC2c2nc(-c3ccccc3)n[nH]2)C1. The number of nitrogens with zero attached hydrogens (tertiary/aromatic N) is 5. The molecule has 1 unspecified atom stereocenters. The second-order valence-corrected chi connectivity index (χ2v) is 10.3. The van der Waals surface area contributed by atoms with Crippen molar-refractivity contribution in [1.82, 2.24) is 29.5 Å². The number of aromatic amines is 1. The maximum Gasteiger partial charge on any atom is 0.248 e. The quantitative estimate of drug-likeness (QED) is 0.675. The summed E-state index contributed by atoms with van der Waals surface area (Å²) in [5.74, 6) is 1.89. The highest BCUT2D eigenvalue weighted by molar-refractivity contribution is 7.89. The van der Waals surface area contributed by atoms with Crippen LogP contribution in [0.4, 0.5) is 0 Å². The van der Waals surface area contributed by atoms with Gasteiger partial charge in [-0.15, -0.1) is 0 Å². The minimum Gasteiger partial charge on any atom is -0.360 e. The van der Waals surface area contributed by atoms with Gasteiger partial charge in [0.05, 0.1) is 0 Å². The van der Waals surface area contributed by atoms with Gasteiger partial charge >= 0.3 is 0 Å². The minimum atomic E-state index is -3.63. The van der Waals surface area contributed by atoms with Gasteiger partial charge in [0.15, 0.2) is 11.6 Å². The van der Waals surface area contributed by atoms with Gasteiger partial charge in [-0.1, -0.05) is 35.5 Å². The molecule has 158 valence electrons. The van der Waals surface area contributed by atoms with Crippen LogP contribution in [0, 0.1) is 19.3 Å². The van der Waals surface area contributed by atoms with Crippen molar-refractivity contribution < 1.29 is 12.9 Å². The second-order valence-electron chi connectivity index (χ2n) is 8.45. The number of benzene rings is 1. The van der Waals surface area contributed by atoms with Crippen LogP contribution < -0.4 is 0 Å². The van der Waals surface area contributed by atoms with Crippen LogP contribution in [0.3, 0.4) is 0 Å². The lowest BCUT2D eigenvalue weighted by Gasteiger charge is -2.49. The van der Waals surface area contributed by atoms with E-state index < -0.39 is 10.0 Å². The highest BCUT2D eigenvalue weighted by Gasteiger charge is 2.58. The third kappa shape index (κ3) is 2.90. The van der Waals surface area contributed by atoms with Gasteiger partial charge in [-0.25, -0.2) is 13.4 Å². The molecule has 10 heteroatoms. The maximum absolute atomic E-state index is 13.1. The number of aromatic nitrogens is 4. The molecule has 1 aromatic carbocycles. The van der Waals surface area contributed by atoms with Crippen LogP contribution in [-0.4, -0.2) is 71.2 Å². The predicted molar refractivity (Wildman–Crippen MR) is 109 cm³/mol. The van der Waals surface area contributed by atoms with Crippen LogP contribution in [0.15, 0.2) is 39.8 Å². The predicted octanol–water partition coefficient (Wildman–Crippen LogP) is 1.80. The van der Waals surface area contributed by atoms with Gasteiger partial charge in [-0.3, -0.25) is 5.10 Å². The van der Waals surface area contributed by atoms with E-state index in [4.69, 9.17) is 9.51 Å². The van der Waals surface area contributed by atoms with Crippen LogP contribution in [0.25, 0.3) is 11.4 Å². The van der Waals surface area contributed by atoms with Crippen LogP contribution in [-0.2, 0) is 10.0 Å². The number of likely N-dealkylation sites (tertiary alicyclic amines) is 1. The van der Waals surface area contributed by atoms with E-state index in [9.17, 15) is 8.42 Å². The smallest absolute Gasteiger partial charge is 0.248 e. The topological polar surface area (TPSA) is 108 Å².